The standard InChI is InChI=1S/C15H9BrFNO2/c16-14-10(2-1-3-11(14)17)15(20)8-4-5-12-9(6-8)7-13(19)18-12/h1-6H,7H2,(H,18,19). The molecule has 3 nitrogen and oxygen atoms in total. The van der Waals surface area contributed by atoms with Crippen LogP contribution >= 0.6 is 15.9 Å². The summed E-state index contributed by atoms with van der Waals surface area (Å²) in [6.07, 6.45) is 0.265. The highest BCUT2D eigenvalue weighted by atomic mass is 79.9. The Morgan fingerprint density at radius 1 is 1.25 bits per heavy atom. The van der Waals surface area contributed by atoms with E-state index in [1.54, 1.807) is 24.3 Å². The van der Waals surface area contributed by atoms with E-state index in [0.29, 0.717) is 5.56 Å². The van der Waals surface area contributed by atoms with Gasteiger partial charge in [-0.15, -0.1) is 0 Å². The number of hydrogen-bond acceptors (Lipinski definition) is 2. The molecule has 1 amide bonds. The molecule has 2 aromatic carbocycles. The van der Waals surface area contributed by atoms with Crippen LogP contribution < -0.4 is 5.32 Å². The van der Waals surface area contributed by atoms with Crippen molar-refractivity contribution in [3.63, 3.8) is 0 Å². The fraction of sp³-hybridized carbons (Fsp3) is 0.0667. The highest BCUT2D eigenvalue weighted by molar-refractivity contribution is 9.10. The minimum Gasteiger partial charge on any atom is -0.326 e. The molecule has 1 aliphatic heterocycles. The highest BCUT2D eigenvalue weighted by Gasteiger charge is 2.21. The lowest BCUT2D eigenvalue weighted by Gasteiger charge is -2.06. The van der Waals surface area contributed by atoms with E-state index < -0.39 is 5.82 Å². The molecule has 0 saturated heterocycles. The van der Waals surface area contributed by atoms with Crippen LogP contribution in [0, 0.1) is 5.82 Å². The van der Waals surface area contributed by atoms with Gasteiger partial charge in [0.15, 0.2) is 5.78 Å². The highest BCUT2D eigenvalue weighted by Crippen LogP contribution is 2.27. The zero-order valence-electron chi connectivity index (χ0n) is 10.2. The molecule has 0 unspecified atom stereocenters. The first-order valence-corrected chi connectivity index (χ1v) is 6.77. The summed E-state index contributed by atoms with van der Waals surface area (Å²) in [5.41, 5.74) is 2.21. The maximum atomic E-state index is 13.5. The van der Waals surface area contributed by atoms with Crippen LogP contribution in [-0.2, 0) is 11.2 Å². The topological polar surface area (TPSA) is 46.2 Å². The minimum atomic E-state index is -0.478. The third kappa shape index (κ3) is 2.14. The second kappa shape index (κ2) is 4.83. The number of hydrogen-bond donors (Lipinski definition) is 1. The SMILES string of the molecule is O=C1Cc2cc(C(=O)c3cccc(F)c3Br)ccc2N1. The zero-order valence-corrected chi connectivity index (χ0v) is 11.8. The first-order chi connectivity index (χ1) is 9.56. The molecule has 0 fully saturated rings. The summed E-state index contributed by atoms with van der Waals surface area (Å²) in [5.74, 6) is -0.844. The van der Waals surface area contributed by atoms with Gasteiger partial charge in [0.1, 0.15) is 5.82 Å². The van der Waals surface area contributed by atoms with Gasteiger partial charge in [0, 0.05) is 16.8 Å². The number of benzene rings is 2. The van der Waals surface area contributed by atoms with E-state index >= 15 is 0 Å². The van der Waals surface area contributed by atoms with Gasteiger partial charge in [0.25, 0.3) is 0 Å². The molecule has 0 saturated carbocycles. The Labute approximate surface area is 122 Å². The van der Waals surface area contributed by atoms with E-state index in [2.05, 4.69) is 21.2 Å². The largest absolute Gasteiger partial charge is 0.326 e. The lowest BCUT2D eigenvalue weighted by atomic mass is 10.0. The van der Waals surface area contributed by atoms with Gasteiger partial charge in [-0.2, -0.15) is 0 Å². The summed E-state index contributed by atoms with van der Waals surface area (Å²) in [5, 5.41) is 2.70. The number of carbonyl (C=O) groups excluding carboxylic acids is 2. The Morgan fingerprint density at radius 2 is 2.05 bits per heavy atom. The Kier molecular flexibility index (Phi) is 3.14. The quantitative estimate of drug-likeness (QED) is 0.857. The number of rotatable bonds is 2. The first kappa shape index (κ1) is 13.0. The maximum absolute atomic E-state index is 13.5. The first-order valence-electron chi connectivity index (χ1n) is 5.98. The van der Waals surface area contributed by atoms with Crippen molar-refractivity contribution in [1.82, 2.24) is 0 Å². The van der Waals surface area contributed by atoms with Crippen molar-refractivity contribution in [2.75, 3.05) is 5.32 Å². The molecule has 1 aliphatic rings. The number of nitrogens with one attached hydrogen (secondary N) is 1. The molecule has 0 spiro atoms. The Hall–Kier alpha value is -2.01. The van der Waals surface area contributed by atoms with Crippen LogP contribution in [0.25, 0.3) is 0 Å². The molecule has 100 valence electrons. The summed E-state index contributed by atoms with van der Waals surface area (Å²) >= 11 is 3.09. The van der Waals surface area contributed by atoms with Crippen molar-refractivity contribution in [3.05, 3.63) is 63.4 Å². The third-order valence-corrected chi connectivity index (χ3v) is 3.99. The molecule has 0 aliphatic carbocycles. The van der Waals surface area contributed by atoms with Gasteiger partial charge in [-0.05, 0) is 51.8 Å². The van der Waals surface area contributed by atoms with Crippen LogP contribution in [0.2, 0.25) is 0 Å². The predicted octanol–water partition coefficient (Wildman–Crippen LogP) is 3.31. The maximum Gasteiger partial charge on any atom is 0.228 e. The normalized spacial score (nSPS) is 13.0. The number of amides is 1. The van der Waals surface area contributed by atoms with Crippen molar-refractivity contribution in [2.45, 2.75) is 6.42 Å². The van der Waals surface area contributed by atoms with Gasteiger partial charge in [-0.1, -0.05) is 6.07 Å². The molecule has 0 bridgehead atoms. The van der Waals surface area contributed by atoms with Crippen molar-refractivity contribution >= 4 is 33.3 Å². The van der Waals surface area contributed by atoms with E-state index in [0.717, 1.165) is 11.3 Å². The lowest BCUT2D eigenvalue weighted by molar-refractivity contribution is -0.115. The molecule has 2 aromatic rings. The van der Waals surface area contributed by atoms with Crippen molar-refractivity contribution < 1.29 is 14.0 Å². The van der Waals surface area contributed by atoms with Gasteiger partial charge >= 0.3 is 0 Å². The van der Waals surface area contributed by atoms with E-state index in [1.807, 2.05) is 0 Å². The van der Waals surface area contributed by atoms with Crippen LogP contribution in [0.15, 0.2) is 40.9 Å². The van der Waals surface area contributed by atoms with E-state index in [4.69, 9.17) is 0 Å². The Balaban J connectivity index is 2.02. The van der Waals surface area contributed by atoms with Crippen molar-refractivity contribution in [1.29, 1.82) is 0 Å². The summed E-state index contributed by atoms with van der Waals surface area (Å²) in [6.45, 7) is 0. The van der Waals surface area contributed by atoms with Crippen LogP contribution in [-0.4, -0.2) is 11.7 Å². The zero-order chi connectivity index (χ0) is 14.3. The van der Waals surface area contributed by atoms with Gasteiger partial charge in [-0.3, -0.25) is 9.59 Å². The molecular formula is C15H9BrFNO2. The summed E-state index contributed by atoms with van der Waals surface area (Å²) in [6, 6.07) is 9.34. The molecule has 5 heteroatoms. The van der Waals surface area contributed by atoms with Gasteiger partial charge in [0.2, 0.25) is 5.91 Å². The average Bonchev–Trinajstić information content (AvgIpc) is 2.80. The van der Waals surface area contributed by atoms with Crippen molar-refractivity contribution in [3.8, 4) is 0 Å². The number of anilines is 1. The second-order valence-corrected chi connectivity index (χ2v) is 5.32. The van der Waals surface area contributed by atoms with E-state index in [1.165, 1.54) is 12.1 Å². The van der Waals surface area contributed by atoms with Crippen LogP contribution in [0.1, 0.15) is 21.5 Å². The van der Waals surface area contributed by atoms with E-state index in [9.17, 15) is 14.0 Å². The third-order valence-electron chi connectivity index (χ3n) is 3.19. The average molecular weight is 334 g/mol. The number of halogens is 2. The van der Waals surface area contributed by atoms with Gasteiger partial charge in [0.05, 0.1) is 10.9 Å². The number of carbonyl (C=O) groups is 2. The second-order valence-electron chi connectivity index (χ2n) is 4.53. The molecule has 3 rings (SSSR count). The Morgan fingerprint density at radius 3 is 2.85 bits per heavy atom. The smallest absolute Gasteiger partial charge is 0.228 e. The van der Waals surface area contributed by atoms with Crippen LogP contribution in [0.3, 0.4) is 0 Å². The Bertz CT molecular complexity index is 743. The summed E-state index contributed by atoms with van der Waals surface area (Å²) < 4.78 is 13.6. The number of ketones is 1. The molecular weight excluding hydrogens is 325 g/mol. The van der Waals surface area contributed by atoms with Crippen molar-refractivity contribution in [2.24, 2.45) is 0 Å². The molecule has 0 radical (unpaired) electrons. The van der Waals surface area contributed by atoms with Crippen LogP contribution in [0.5, 0.6) is 0 Å². The van der Waals surface area contributed by atoms with E-state index in [-0.39, 0.29) is 28.1 Å². The summed E-state index contributed by atoms with van der Waals surface area (Å²) in [4.78, 5) is 23.7. The molecule has 0 atom stereocenters. The molecule has 1 N–H and O–H groups in total. The molecule has 20 heavy (non-hydrogen) atoms. The van der Waals surface area contributed by atoms with Gasteiger partial charge in [-0.25, -0.2) is 4.39 Å². The number of fused-ring (bicyclic) bond motifs is 1. The van der Waals surface area contributed by atoms with Crippen LogP contribution in [0.4, 0.5) is 10.1 Å². The fourth-order valence-electron chi connectivity index (χ4n) is 2.21. The monoisotopic (exact) mass is 333 g/mol. The molecule has 0 aromatic heterocycles. The predicted molar refractivity (Wildman–Crippen MR) is 76.3 cm³/mol. The minimum absolute atomic E-state index is 0.0865. The molecule has 1 heterocycles. The van der Waals surface area contributed by atoms with Gasteiger partial charge < -0.3 is 5.32 Å². The summed E-state index contributed by atoms with van der Waals surface area (Å²) in [7, 11) is 0. The fourth-order valence-corrected chi connectivity index (χ4v) is 2.65. The lowest BCUT2D eigenvalue weighted by Crippen LogP contribution is -2.04.